The molecule has 2 N–H and O–H groups in total. The van der Waals surface area contributed by atoms with Crippen molar-refractivity contribution >= 4 is 17.3 Å². The molecule has 116 valence electrons. The molecule has 0 radical (unpaired) electrons. The molecule has 0 heterocycles. The molecule has 2 atom stereocenters. The van der Waals surface area contributed by atoms with Crippen molar-refractivity contribution in [2.24, 2.45) is 0 Å². The van der Waals surface area contributed by atoms with Crippen molar-refractivity contribution in [2.75, 3.05) is 7.11 Å². The largest absolute Gasteiger partial charge is 0.497 e. The van der Waals surface area contributed by atoms with Crippen LogP contribution in [0.5, 0.6) is 5.75 Å². The van der Waals surface area contributed by atoms with E-state index in [0.29, 0.717) is 5.11 Å². The number of thiocarbonyl (C=S) groups is 1. The summed E-state index contributed by atoms with van der Waals surface area (Å²) in [5, 5.41) is 7.28. The number of methoxy groups -OCH3 is 1. The maximum absolute atomic E-state index is 5.41. The third-order valence-corrected chi connectivity index (χ3v) is 3.85. The third-order valence-electron chi connectivity index (χ3n) is 3.61. The summed E-state index contributed by atoms with van der Waals surface area (Å²) in [5.74, 6) is 0.856. The van der Waals surface area contributed by atoms with Gasteiger partial charge in [0.2, 0.25) is 0 Å². The minimum Gasteiger partial charge on any atom is -0.497 e. The van der Waals surface area contributed by atoms with Gasteiger partial charge in [0.15, 0.2) is 5.11 Å². The van der Waals surface area contributed by atoms with E-state index >= 15 is 0 Å². The first-order valence-electron chi connectivity index (χ1n) is 7.36. The Hall–Kier alpha value is -2.07. The number of benzene rings is 2. The third kappa shape index (κ3) is 4.46. The number of rotatable bonds is 5. The van der Waals surface area contributed by atoms with Gasteiger partial charge in [-0.1, -0.05) is 42.5 Å². The second-order valence-corrected chi connectivity index (χ2v) is 5.65. The summed E-state index contributed by atoms with van der Waals surface area (Å²) in [6.07, 6.45) is 0. The van der Waals surface area contributed by atoms with Gasteiger partial charge in [0, 0.05) is 0 Å². The van der Waals surface area contributed by atoms with Crippen LogP contribution in [0.1, 0.15) is 37.1 Å². The summed E-state index contributed by atoms with van der Waals surface area (Å²) in [6, 6.07) is 18.6. The van der Waals surface area contributed by atoms with Gasteiger partial charge in [0.1, 0.15) is 5.75 Å². The Morgan fingerprint density at radius 2 is 1.36 bits per heavy atom. The minimum atomic E-state index is 0.133. The molecule has 2 aromatic carbocycles. The molecule has 0 saturated heterocycles. The molecule has 0 aliphatic carbocycles. The summed E-state index contributed by atoms with van der Waals surface area (Å²) >= 11 is 5.41. The first-order valence-corrected chi connectivity index (χ1v) is 7.77. The molecule has 2 rings (SSSR count). The predicted molar refractivity (Wildman–Crippen MR) is 95.1 cm³/mol. The van der Waals surface area contributed by atoms with Gasteiger partial charge in [0.25, 0.3) is 0 Å². The molecule has 0 bridgehead atoms. The smallest absolute Gasteiger partial charge is 0.167 e. The van der Waals surface area contributed by atoms with Crippen LogP contribution in [0.4, 0.5) is 0 Å². The van der Waals surface area contributed by atoms with Crippen molar-refractivity contribution in [2.45, 2.75) is 25.9 Å². The molecule has 0 saturated carbocycles. The Kier molecular flexibility index (Phi) is 5.78. The standard InChI is InChI=1S/C18H22N2OS/c1-13(15-7-5-4-6-8-15)19-18(22)20-14(2)16-9-11-17(21-3)12-10-16/h4-14H,1-3H3,(H2,19,20,22). The SMILES string of the molecule is COc1ccc(C(C)NC(=S)NC(C)c2ccccc2)cc1. The predicted octanol–water partition coefficient (Wildman–Crippen LogP) is 3.98. The molecule has 0 amide bonds. The van der Waals surface area contributed by atoms with Crippen molar-refractivity contribution in [1.82, 2.24) is 10.6 Å². The van der Waals surface area contributed by atoms with E-state index in [1.807, 2.05) is 42.5 Å². The first-order chi connectivity index (χ1) is 10.6. The van der Waals surface area contributed by atoms with Gasteiger partial charge >= 0.3 is 0 Å². The Bertz CT molecular complexity index is 598. The van der Waals surface area contributed by atoms with Crippen LogP contribution in [-0.4, -0.2) is 12.2 Å². The normalized spacial score (nSPS) is 13.0. The van der Waals surface area contributed by atoms with E-state index in [2.05, 4.69) is 36.6 Å². The minimum absolute atomic E-state index is 0.133. The lowest BCUT2D eigenvalue weighted by molar-refractivity contribution is 0.414. The van der Waals surface area contributed by atoms with Crippen molar-refractivity contribution in [3.63, 3.8) is 0 Å². The van der Waals surface area contributed by atoms with Gasteiger partial charge in [-0.05, 0) is 49.3 Å². The average Bonchev–Trinajstić information content (AvgIpc) is 2.55. The van der Waals surface area contributed by atoms with Crippen LogP contribution in [-0.2, 0) is 0 Å². The molecule has 0 fully saturated rings. The molecule has 0 aromatic heterocycles. The number of ether oxygens (including phenoxy) is 1. The van der Waals surface area contributed by atoms with E-state index in [1.165, 1.54) is 5.56 Å². The molecule has 0 spiro atoms. The van der Waals surface area contributed by atoms with Crippen LogP contribution >= 0.6 is 12.2 Å². The van der Waals surface area contributed by atoms with E-state index in [0.717, 1.165) is 11.3 Å². The maximum atomic E-state index is 5.41. The fourth-order valence-electron chi connectivity index (χ4n) is 2.24. The molecule has 2 unspecified atom stereocenters. The van der Waals surface area contributed by atoms with Crippen LogP contribution < -0.4 is 15.4 Å². The van der Waals surface area contributed by atoms with Gasteiger partial charge in [0.05, 0.1) is 19.2 Å². The summed E-state index contributed by atoms with van der Waals surface area (Å²) in [4.78, 5) is 0. The van der Waals surface area contributed by atoms with E-state index < -0.39 is 0 Å². The van der Waals surface area contributed by atoms with Gasteiger partial charge in [-0.3, -0.25) is 0 Å². The van der Waals surface area contributed by atoms with Crippen LogP contribution in [0.15, 0.2) is 54.6 Å². The number of hydrogen-bond acceptors (Lipinski definition) is 2. The zero-order chi connectivity index (χ0) is 15.9. The van der Waals surface area contributed by atoms with Crippen LogP contribution in [0, 0.1) is 0 Å². The summed E-state index contributed by atoms with van der Waals surface area (Å²) in [6.45, 7) is 4.18. The highest BCUT2D eigenvalue weighted by Crippen LogP contribution is 2.17. The molecule has 3 nitrogen and oxygen atoms in total. The molecular weight excluding hydrogens is 292 g/mol. The zero-order valence-electron chi connectivity index (χ0n) is 13.2. The lowest BCUT2D eigenvalue weighted by atomic mass is 10.1. The Morgan fingerprint density at radius 1 is 0.864 bits per heavy atom. The molecule has 22 heavy (non-hydrogen) atoms. The second-order valence-electron chi connectivity index (χ2n) is 5.25. The topological polar surface area (TPSA) is 33.3 Å². The van der Waals surface area contributed by atoms with Crippen molar-refractivity contribution in [3.8, 4) is 5.75 Å². The quantitative estimate of drug-likeness (QED) is 0.818. The first kappa shape index (κ1) is 16.3. The Labute approximate surface area is 137 Å². The van der Waals surface area contributed by atoms with E-state index in [-0.39, 0.29) is 12.1 Å². The van der Waals surface area contributed by atoms with Crippen molar-refractivity contribution < 1.29 is 4.74 Å². The van der Waals surface area contributed by atoms with E-state index in [4.69, 9.17) is 17.0 Å². The molecule has 0 aliphatic rings. The average molecular weight is 314 g/mol. The van der Waals surface area contributed by atoms with Gasteiger partial charge in [-0.25, -0.2) is 0 Å². The molecule has 4 heteroatoms. The highest BCUT2D eigenvalue weighted by molar-refractivity contribution is 7.80. The van der Waals surface area contributed by atoms with Crippen molar-refractivity contribution in [1.29, 1.82) is 0 Å². The van der Waals surface area contributed by atoms with E-state index in [9.17, 15) is 0 Å². The van der Waals surface area contributed by atoms with Gasteiger partial charge in [-0.2, -0.15) is 0 Å². The van der Waals surface area contributed by atoms with E-state index in [1.54, 1.807) is 7.11 Å². The monoisotopic (exact) mass is 314 g/mol. The summed E-state index contributed by atoms with van der Waals surface area (Å²) < 4.78 is 5.17. The lowest BCUT2D eigenvalue weighted by Crippen LogP contribution is -2.38. The maximum Gasteiger partial charge on any atom is 0.167 e. The summed E-state index contributed by atoms with van der Waals surface area (Å²) in [5.41, 5.74) is 2.38. The lowest BCUT2D eigenvalue weighted by Gasteiger charge is -2.21. The Balaban J connectivity index is 1.90. The molecule has 0 aliphatic heterocycles. The fourth-order valence-corrected chi connectivity index (χ4v) is 2.59. The van der Waals surface area contributed by atoms with Gasteiger partial charge in [-0.15, -0.1) is 0 Å². The zero-order valence-corrected chi connectivity index (χ0v) is 14.0. The second kappa shape index (κ2) is 7.80. The van der Waals surface area contributed by atoms with Crippen molar-refractivity contribution in [3.05, 3.63) is 65.7 Å². The van der Waals surface area contributed by atoms with Crippen LogP contribution in [0.3, 0.4) is 0 Å². The Morgan fingerprint density at radius 3 is 1.86 bits per heavy atom. The fraction of sp³-hybridized carbons (Fsp3) is 0.278. The highest BCUT2D eigenvalue weighted by Gasteiger charge is 2.10. The molecular formula is C18H22N2OS. The number of hydrogen-bond donors (Lipinski definition) is 2. The summed E-state index contributed by atoms with van der Waals surface area (Å²) in [7, 11) is 1.67. The number of nitrogens with one attached hydrogen (secondary N) is 2. The van der Waals surface area contributed by atoms with Crippen LogP contribution in [0.2, 0.25) is 0 Å². The van der Waals surface area contributed by atoms with Gasteiger partial charge < -0.3 is 15.4 Å². The highest BCUT2D eigenvalue weighted by atomic mass is 32.1. The van der Waals surface area contributed by atoms with Crippen LogP contribution in [0.25, 0.3) is 0 Å². The molecule has 2 aromatic rings.